The van der Waals surface area contributed by atoms with Crippen molar-refractivity contribution in [2.75, 3.05) is 50.8 Å². The number of aliphatic hydroxyl groups is 1. The van der Waals surface area contributed by atoms with Crippen molar-refractivity contribution in [3.8, 4) is 22.9 Å². The molecule has 3 atom stereocenters. The first kappa shape index (κ1) is 29.7. The molecule has 4 N–H and O–H groups in total. The summed E-state index contributed by atoms with van der Waals surface area (Å²) in [5.41, 5.74) is 6.19. The van der Waals surface area contributed by atoms with E-state index in [-0.39, 0.29) is 58.0 Å². The highest BCUT2D eigenvalue weighted by molar-refractivity contribution is 6.01. The topological polar surface area (TPSA) is 111 Å². The van der Waals surface area contributed by atoms with Crippen molar-refractivity contribution in [2.45, 2.75) is 62.3 Å². The van der Waals surface area contributed by atoms with Crippen LogP contribution < -0.4 is 15.4 Å². The Morgan fingerprint density at radius 1 is 1.00 bits per heavy atom. The van der Waals surface area contributed by atoms with Gasteiger partial charge < -0.3 is 25.6 Å². The number of aromatic nitrogens is 2. The average molecular weight is 631 g/mol. The lowest BCUT2D eigenvalue weighted by molar-refractivity contribution is 0.0797. The van der Waals surface area contributed by atoms with E-state index in [2.05, 4.69) is 19.7 Å². The average Bonchev–Trinajstić information content (AvgIpc) is 3.69. The molecule has 46 heavy (non-hydrogen) atoms. The molecule has 0 spiro atoms. The lowest BCUT2D eigenvalue weighted by atomic mass is 9.95. The van der Waals surface area contributed by atoms with E-state index in [0.29, 0.717) is 42.8 Å². The van der Waals surface area contributed by atoms with Gasteiger partial charge in [0, 0.05) is 54.6 Å². The van der Waals surface area contributed by atoms with E-state index in [1.54, 1.807) is 24.3 Å². The number of hydrogen-bond donors (Lipinski definition) is 3. The van der Waals surface area contributed by atoms with E-state index in [0.717, 1.165) is 51.6 Å². The monoisotopic (exact) mass is 630 g/mol. The molecule has 1 aromatic heterocycles. The Morgan fingerprint density at radius 2 is 1.76 bits per heavy atom. The second kappa shape index (κ2) is 11.6. The Bertz CT molecular complexity index is 1780. The maximum absolute atomic E-state index is 16.8. The summed E-state index contributed by atoms with van der Waals surface area (Å²) in [4.78, 5) is 16.7. The molecule has 0 radical (unpaired) electrons. The molecule has 4 saturated heterocycles. The minimum Gasteiger partial charge on any atom is -0.508 e. The van der Waals surface area contributed by atoms with Crippen molar-refractivity contribution in [3.05, 3.63) is 54.1 Å². The number of phenolic OH excluding ortho intramolecular Hbond substituents is 1. The third kappa shape index (κ3) is 4.95. The van der Waals surface area contributed by atoms with Crippen LogP contribution in [0.15, 0.2) is 42.5 Å². The highest BCUT2D eigenvalue weighted by Gasteiger charge is 2.45. The van der Waals surface area contributed by atoms with Gasteiger partial charge in [-0.2, -0.15) is 9.97 Å². The smallest absolute Gasteiger partial charge is 0.319 e. The van der Waals surface area contributed by atoms with Crippen LogP contribution in [0.2, 0.25) is 0 Å². The summed E-state index contributed by atoms with van der Waals surface area (Å²) < 4.78 is 38.4. The van der Waals surface area contributed by atoms with Gasteiger partial charge in [0.2, 0.25) is 0 Å². The first-order valence-corrected chi connectivity index (χ1v) is 16.5. The number of phenols is 1. The van der Waals surface area contributed by atoms with Crippen LogP contribution in [-0.4, -0.2) is 99.6 Å². The van der Waals surface area contributed by atoms with Gasteiger partial charge in [0.15, 0.2) is 5.82 Å². The fourth-order valence-corrected chi connectivity index (χ4v) is 8.66. The van der Waals surface area contributed by atoms with Gasteiger partial charge >= 0.3 is 6.01 Å². The fraction of sp³-hybridized carbons (Fsp3) is 0.486. The molecular formula is C35H40F2N6O3. The van der Waals surface area contributed by atoms with Crippen molar-refractivity contribution in [1.82, 2.24) is 19.8 Å². The lowest BCUT2D eigenvalue weighted by Gasteiger charge is -2.42. The van der Waals surface area contributed by atoms with Gasteiger partial charge in [-0.3, -0.25) is 9.80 Å². The summed E-state index contributed by atoms with van der Waals surface area (Å²) in [6, 6.07) is 11.5. The molecule has 4 aliphatic rings. The zero-order valence-corrected chi connectivity index (χ0v) is 25.8. The predicted octanol–water partition coefficient (Wildman–Crippen LogP) is 4.41. The number of fused-ring (bicyclic) bond motifs is 5. The number of anilines is 1. The Hall–Kier alpha value is -3.64. The first-order chi connectivity index (χ1) is 22.3. The van der Waals surface area contributed by atoms with Gasteiger partial charge in [-0.05, 0) is 86.8 Å². The zero-order valence-electron chi connectivity index (χ0n) is 25.8. The third-order valence-corrected chi connectivity index (χ3v) is 10.9. The van der Waals surface area contributed by atoms with E-state index < -0.39 is 17.7 Å². The molecule has 242 valence electrons. The number of hydrogen-bond acceptors (Lipinski definition) is 9. The first-order valence-electron chi connectivity index (χ1n) is 16.5. The summed E-state index contributed by atoms with van der Waals surface area (Å²) in [5, 5.41) is 22.1. The van der Waals surface area contributed by atoms with Gasteiger partial charge in [-0.15, -0.1) is 0 Å². The fourth-order valence-electron chi connectivity index (χ4n) is 8.66. The Labute approximate surface area is 266 Å². The molecule has 0 aliphatic carbocycles. The molecule has 4 fully saturated rings. The lowest BCUT2D eigenvalue weighted by Crippen LogP contribution is -2.56. The molecule has 0 unspecified atom stereocenters. The second-order valence-corrected chi connectivity index (χ2v) is 13.6. The standard InChI is InChI=1S/C35H40F2N6O3/c36-29-5-1-4-21-14-24(44)15-28(30(21)29)26-8-9-27-32(31(26)37)39-34(46-20-35-10-2-12-42(35)13-3-11-35)40-33(27)41-17-22-6-7-23(18-41)43(22)19-25(45)16-38/h1,4-5,8-9,14-15,22-23,25,44-45H,2-3,6-7,10-13,16-20,38H2/t22-,23+,25-/m0/s1. The van der Waals surface area contributed by atoms with Gasteiger partial charge in [-0.1, -0.05) is 18.2 Å². The largest absolute Gasteiger partial charge is 0.508 e. The Balaban J connectivity index is 1.22. The molecule has 4 aromatic rings. The van der Waals surface area contributed by atoms with E-state index in [9.17, 15) is 10.2 Å². The maximum Gasteiger partial charge on any atom is 0.319 e. The van der Waals surface area contributed by atoms with Crippen LogP contribution in [0.5, 0.6) is 11.8 Å². The van der Waals surface area contributed by atoms with Crippen LogP contribution in [0, 0.1) is 11.6 Å². The molecule has 11 heteroatoms. The minimum atomic E-state index is -0.615. The van der Waals surface area contributed by atoms with Crippen molar-refractivity contribution in [2.24, 2.45) is 5.73 Å². The Kier molecular flexibility index (Phi) is 7.47. The normalized spacial score (nSPS) is 23.4. The number of ether oxygens (including phenoxy) is 1. The number of aliphatic hydroxyl groups excluding tert-OH is 1. The number of aromatic hydroxyl groups is 1. The summed E-state index contributed by atoms with van der Waals surface area (Å²) in [5.74, 6) is -0.578. The van der Waals surface area contributed by atoms with Crippen LogP contribution in [0.1, 0.15) is 38.5 Å². The summed E-state index contributed by atoms with van der Waals surface area (Å²) >= 11 is 0. The zero-order chi connectivity index (χ0) is 31.6. The van der Waals surface area contributed by atoms with Gasteiger partial charge in [0.05, 0.1) is 11.6 Å². The third-order valence-electron chi connectivity index (χ3n) is 10.9. The quantitative estimate of drug-likeness (QED) is 0.261. The van der Waals surface area contributed by atoms with Gasteiger partial charge in [0.1, 0.15) is 29.5 Å². The van der Waals surface area contributed by atoms with Crippen molar-refractivity contribution < 1.29 is 23.7 Å². The van der Waals surface area contributed by atoms with Crippen LogP contribution in [0.3, 0.4) is 0 Å². The molecule has 0 saturated carbocycles. The number of rotatable bonds is 8. The number of halogens is 2. The highest BCUT2D eigenvalue weighted by Crippen LogP contribution is 2.42. The van der Waals surface area contributed by atoms with E-state index >= 15 is 8.78 Å². The van der Waals surface area contributed by atoms with Crippen molar-refractivity contribution in [1.29, 1.82) is 0 Å². The molecule has 0 amide bonds. The van der Waals surface area contributed by atoms with Gasteiger partial charge in [-0.25, -0.2) is 8.78 Å². The van der Waals surface area contributed by atoms with Crippen LogP contribution in [0.25, 0.3) is 32.8 Å². The van der Waals surface area contributed by atoms with E-state index in [1.807, 2.05) is 0 Å². The number of nitrogens with two attached hydrogens (primary N) is 1. The molecule has 4 aliphatic heterocycles. The number of benzene rings is 3. The Morgan fingerprint density at radius 3 is 2.50 bits per heavy atom. The van der Waals surface area contributed by atoms with Crippen molar-refractivity contribution >= 4 is 27.5 Å². The number of piperazine rings is 1. The van der Waals surface area contributed by atoms with E-state index in [1.165, 1.54) is 18.2 Å². The number of nitrogens with zero attached hydrogens (tertiary/aromatic N) is 5. The molecule has 5 heterocycles. The molecule has 2 bridgehead atoms. The molecule has 8 rings (SSSR count). The van der Waals surface area contributed by atoms with Crippen LogP contribution >= 0.6 is 0 Å². The summed E-state index contributed by atoms with van der Waals surface area (Å²) in [7, 11) is 0. The second-order valence-electron chi connectivity index (χ2n) is 13.6. The summed E-state index contributed by atoms with van der Waals surface area (Å²) in [6.45, 7) is 4.65. The maximum atomic E-state index is 16.8. The van der Waals surface area contributed by atoms with E-state index in [4.69, 9.17) is 15.5 Å². The van der Waals surface area contributed by atoms with Crippen molar-refractivity contribution in [3.63, 3.8) is 0 Å². The SMILES string of the molecule is NC[C@H](O)CN1[C@@H]2CC[C@H]1CN(c1nc(OCC34CCCN3CCC4)nc3c(F)c(-c4cc(O)cc5cccc(F)c45)ccc13)C2. The predicted molar refractivity (Wildman–Crippen MR) is 173 cm³/mol. The van der Waals surface area contributed by atoms with Gasteiger partial charge in [0.25, 0.3) is 0 Å². The summed E-state index contributed by atoms with van der Waals surface area (Å²) in [6.07, 6.45) is 5.79. The minimum absolute atomic E-state index is 0.0363. The molecular weight excluding hydrogens is 590 g/mol. The molecule has 3 aromatic carbocycles. The highest BCUT2D eigenvalue weighted by atomic mass is 19.1. The van der Waals surface area contributed by atoms with Crippen LogP contribution in [-0.2, 0) is 0 Å². The van der Waals surface area contributed by atoms with Crippen LogP contribution in [0.4, 0.5) is 14.6 Å². The molecule has 9 nitrogen and oxygen atoms in total.